The predicted molar refractivity (Wildman–Crippen MR) is 83.4 cm³/mol. The lowest BCUT2D eigenvalue weighted by molar-refractivity contribution is 0.208. The quantitative estimate of drug-likeness (QED) is 0.927. The molecule has 6 heteroatoms. The first-order chi connectivity index (χ1) is 10.7. The Bertz CT molecular complexity index is 642. The Morgan fingerprint density at radius 3 is 2.41 bits per heavy atom. The molecule has 0 saturated carbocycles. The number of amides is 2. The maximum Gasteiger partial charge on any atom is 0.321 e. The summed E-state index contributed by atoms with van der Waals surface area (Å²) in [5.74, 6) is -0.225. The van der Waals surface area contributed by atoms with E-state index in [0.29, 0.717) is 31.9 Å². The van der Waals surface area contributed by atoms with Crippen molar-refractivity contribution in [3.8, 4) is 0 Å². The van der Waals surface area contributed by atoms with Gasteiger partial charge in [-0.3, -0.25) is 4.98 Å². The zero-order chi connectivity index (χ0) is 15.4. The number of rotatable bonds is 2. The fraction of sp³-hybridized carbons (Fsp3) is 0.250. The Hall–Kier alpha value is -2.63. The van der Waals surface area contributed by atoms with E-state index in [1.165, 1.54) is 6.07 Å². The summed E-state index contributed by atoms with van der Waals surface area (Å²) < 4.78 is 13.8. The molecule has 1 aromatic carbocycles. The van der Waals surface area contributed by atoms with E-state index in [1.54, 1.807) is 41.6 Å². The third kappa shape index (κ3) is 3.16. The van der Waals surface area contributed by atoms with E-state index in [4.69, 9.17) is 0 Å². The van der Waals surface area contributed by atoms with Gasteiger partial charge in [-0.25, -0.2) is 9.18 Å². The molecule has 5 nitrogen and oxygen atoms in total. The largest absolute Gasteiger partial charge is 0.366 e. The van der Waals surface area contributed by atoms with E-state index in [1.807, 2.05) is 11.0 Å². The lowest BCUT2D eigenvalue weighted by Gasteiger charge is -2.36. The van der Waals surface area contributed by atoms with E-state index >= 15 is 0 Å². The molecule has 1 N–H and O–H groups in total. The number of hydrogen-bond acceptors (Lipinski definition) is 3. The number of urea groups is 1. The number of halogens is 1. The highest BCUT2D eigenvalue weighted by atomic mass is 19.1. The molecular formula is C16H17FN4O. The summed E-state index contributed by atoms with van der Waals surface area (Å²) in [5, 5.41) is 2.83. The number of carbonyl (C=O) groups excluding carboxylic acids is 1. The zero-order valence-corrected chi connectivity index (χ0v) is 12.1. The molecule has 2 heterocycles. The van der Waals surface area contributed by atoms with Gasteiger partial charge in [0.2, 0.25) is 0 Å². The van der Waals surface area contributed by atoms with Gasteiger partial charge in [-0.1, -0.05) is 12.1 Å². The summed E-state index contributed by atoms with van der Waals surface area (Å²) in [7, 11) is 0. The number of hydrogen-bond donors (Lipinski definition) is 1. The van der Waals surface area contributed by atoms with Crippen LogP contribution in [0.2, 0.25) is 0 Å². The normalized spacial score (nSPS) is 14.8. The second kappa shape index (κ2) is 6.43. The van der Waals surface area contributed by atoms with E-state index in [9.17, 15) is 9.18 Å². The fourth-order valence-corrected chi connectivity index (χ4v) is 2.50. The molecule has 2 aromatic rings. The van der Waals surface area contributed by atoms with Crippen LogP contribution < -0.4 is 10.2 Å². The van der Waals surface area contributed by atoms with Crippen molar-refractivity contribution in [3.05, 3.63) is 54.6 Å². The van der Waals surface area contributed by atoms with Crippen LogP contribution in [-0.2, 0) is 0 Å². The summed E-state index contributed by atoms with van der Waals surface area (Å²) in [6.45, 7) is 2.35. The standard InChI is InChI=1S/C16H17FN4O/c17-14-3-1-2-4-15(14)20-9-11-21(12-10-20)16(22)19-13-5-7-18-8-6-13/h1-8H,9-12H2,(H,18,19,22). The molecule has 3 rings (SSSR count). The topological polar surface area (TPSA) is 48.5 Å². The lowest BCUT2D eigenvalue weighted by Crippen LogP contribution is -2.50. The van der Waals surface area contributed by atoms with Crippen LogP contribution in [0.3, 0.4) is 0 Å². The minimum atomic E-state index is -0.225. The maximum absolute atomic E-state index is 13.8. The van der Waals surface area contributed by atoms with E-state index in [2.05, 4.69) is 10.3 Å². The third-order valence-electron chi connectivity index (χ3n) is 3.69. The minimum Gasteiger partial charge on any atom is -0.366 e. The van der Waals surface area contributed by atoms with Crippen LogP contribution in [0.4, 0.5) is 20.6 Å². The van der Waals surface area contributed by atoms with Crippen molar-refractivity contribution >= 4 is 17.4 Å². The van der Waals surface area contributed by atoms with Crippen LogP contribution >= 0.6 is 0 Å². The molecule has 22 heavy (non-hydrogen) atoms. The van der Waals surface area contributed by atoms with E-state index in [0.717, 1.165) is 5.69 Å². The van der Waals surface area contributed by atoms with Gasteiger partial charge in [-0.05, 0) is 24.3 Å². The van der Waals surface area contributed by atoms with Gasteiger partial charge in [0.05, 0.1) is 5.69 Å². The smallest absolute Gasteiger partial charge is 0.321 e. The van der Waals surface area contributed by atoms with E-state index < -0.39 is 0 Å². The first-order valence-corrected chi connectivity index (χ1v) is 7.19. The fourth-order valence-electron chi connectivity index (χ4n) is 2.50. The Balaban J connectivity index is 1.58. The van der Waals surface area contributed by atoms with Crippen LogP contribution in [0.25, 0.3) is 0 Å². The van der Waals surface area contributed by atoms with Crippen molar-refractivity contribution in [2.45, 2.75) is 0 Å². The number of aromatic nitrogens is 1. The van der Waals surface area contributed by atoms with Crippen molar-refractivity contribution in [1.29, 1.82) is 0 Å². The van der Waals surface area contributed by atoms with Gasteiger partial charge < -0.3 is 15.1 Å². The van der Waals surface area contributed by atoms with Gasteiger partial charge >= 0.3 is 6.03 Å². The molecule has 0 unspecified atom stereocenters. The number of benzene rings is 1. The predicted octanol–water partition coefficient (Wildman–Crippen LogP) is 2.57. The molecule has 0 radical (unpaired) electrons. The molecular weight excluding hydrogens is 283 g/mol. The molecule has 2 amide bonds. The summed E-state index contributed by atoms with van der Waals surface area (Å²) in [6.07, 6.45) is 3.26. The molecule has 1 fully saturated rings. The highest BCUT2D eigenvalue weighted by Crippen LogP contribution is 2.20. The van der Waals surface area contributed by atoms with Crippen LogP contribution in [0.5, 0.6) is 0 Å². The average molecular weight is 300 g/mol. The maximum atomic E-state index is 13.8. The Morgan fingerprint density at radius 2 is 1.73 bits per heavy atom. The van der Waals surface area contributed by atoms with Gasteiger partial charge in [0.25, 0.3) is 0 Å². The summed E-state index contributed by atoms with van der Waals surface area (Å²) >= 11 is 0. The highest BCUT2D eigenvalue weighted by molar-refractivity contribution is 5.89. The summed E-state index contributed by atoms with van der Waals surface area (Å²) in [6, 6.07) is 10.1. The average Bonchev–Trinajstić information content (AvgIpc) is 2.56. The van der Waals surface area contributed by atoms with Crippen LogP contribution in [0, 0.1) is 5.82 Å². The van der Waals surface area contributed by atoms with Gasteiger partial charge in [0.15, 0.2) is 0 Å². The number of nitrogens with one attached hydrogen (secondary N) is 1. The highest BCUT2D eigenvalue weighted by Gasteiger charge is 2.22. The van der Waals surface area contributed by atoms with Crippen molar-refractivity contribution in [2.75, 3.05) is 36.4 Å². The summed E-state index contributed by atoms with van der Waals surface area (Å²) in [4.78, 5) is 19.8. The summed E-state index contributed by atoms with van der Waals surface area (Å²) in [5.41, 5.74) is 1.31. The monoisotopic (exact) mass is 300 g/mol. The van der Waals surface area contributed by atoms with E-state index in [-0.39, 0.29) is 11.8 Å². The lowest BCUT2D eigenvalue weighted by atomic mass is 10.2. The molecule has 1 aromatic heterocycles. The van der Waals surface area contributed by atoms with Gasteiger partial charge in [0, 0.05) is 44.3 Å². The molecule has 0 spiro atoms. The van der Waals surface area contributed by atoms with Gasteiger partial charge in [-0.15, -0.1) is 0 Å². The molecule has 1 aliphatic heterocycles. The van der Waals surface area contributed by atoms with Crippen molar-refractivity contribution in [3.63, 3.8) is 0 Å². The Labute approximate surface area is 128 Å². The molecule has 0 aliphatic carbocycles. The number of piperazine rings is 1. The van der Waals surface area contributed by atoms with Crippen LogP contribution in [0.1, 0.15) is 0 Å². The SMILES string of the molecule is O=C(Nc1ccncc1)N1CCN(c2ccccc2F)CC1. The van der Waals surface area contributed by atoms with Crippen molar-refractivity contribution in [1.82, 2.24) is 9.88 Å². The molecule has 0 bridgehead atoms. The number of nitrogens with zero attached hydrogens (tertiary/aromatic N) is 3. The van der Waals surface area contributed by atoms with Gasteiger partial charge in [-0.2, -0.15) is 0 Å². The van der Waals surface area contributed by atoms with Crippen LogP contribution in [0.15, 0.2) is 48.8 Å². The minimum absolute atomic E-state index is 0.139. The second-order valence-electron chi connectivity index (χ2n) is 5.09. The van der Waals surface area contributed by atoms with Gasteiger partial charge in [0.1, 0.15) is 5.82 Å². The first kappa shape index (κ1) is 14.3. The second-order valence-corrected chi connectivity index (χ2v) is 5.09. The van der Waals surface area contributed by atoms with Crippen molar-refractivity contribution in [2.24, 2.45) is 0 Å². The first-order valence-electron chi connectivity index (χ1n) is 7.19. The van der Waals surface area contributed by atoms with Crippen molar-refractivity contribution < 1.29 is 9.18 Å². The molecule has 1 saturated heterocycles. The molecule has 114 valence electrons. The number of para-hydroxylation sites is 1. The molecule has 0 atom stereocenters. The Morgan fingerprint density at radius 1 is 1.05 bits per heavy atom. The van der Waals surface area contributed by atoms with Crippen LogP contribution in [-0.4, -0.2) is 42.1 Å². The third-order valence-corrected chi connectivity index (χ3v) is 3.69. The Kier molecular flexibility index (Phi) is 4.18. The zero-order valence-electron chi connectivity index (χ0n) is 12.1. The number of carbonyl (C=O) groups is 1. The molecule has 1 aliphatic rings. The number of pyridine rings is 1. The number of anilines is 2.